The van der Waals surface area contributed by atoms with Crippen LogP contribution in [0.15, 0.2) is 36.4 Å². The van der Waals surface area contributed by atoms with E-state index in [1.165, 1.54) is 31.3 Å². The maximum Gasteiger partial charge on any atom is 0.131 e. The van der Waals surface area contributed by atoms with E-state index in [4.69, 9.17) is 5.73 Å². The van der Waals surface area contributed by atoms with Gasteiger partial charge in [-0.3, -0.25) is 0 Å². The molecule has 1 aromatic rings. The van der Waals surface area contributed by atoms with Crippen molar-refractivity contribution in [2.75, 3.05) is 17.6 Å². The predicted octanol–water partition coefficient (Wildman–Crippen LogP) is 3.43. The molecule has 0 aliphatic heterocycles. The largest absolute Gasteiger partial charge is 0.399 e. The van der Waals surface area contributed by atoms with Crippen molar-refractivity contribution in [3.05, 3.63) is 36.4 Å². The van der Waals surface area contributed by atoms with Gasteiger partial charge in [-0.05, 0) is 55.7 Å². The second-order valence-electron chi connectivity index (χ2n) is 6.81. The molecule has 3 nitrogen and oxygen atoms in total. The Bertz CT molecular complexity index is 628. The molecule has 3 rings (SSSR count). The standard InChI is InChI=1S/C20H26N2O/c1-14-15(4-2-5-16-9-11-20(14)16)8-10-19(23)13-22-18-7-3-6-17(21)12-18/h3,6-7,12,15-16,19-20,22-23H,1-2,4-5,9,11,13,21H2. The van der Waals surface area contributed by atoms with Crippen molar-refractivity contribution >= 4 is 11.4 Å². The summed E-state index contributed by atoms with van der Waals surface area (Å²) in [5.74, 6) is 8.07. The first-order chi connectivity index (χ1) is 11.1. The molecule has 4 atom stereocenters. The fourth-order valence-corrected chi connectivity index (χ4v) is 3.71. The Kier molecular flexibility index (Phi) is 4.93. The quantitative estimate of drug-likeness (QED) is 0.455. The summed E-state index contributed by atoms with van der Waals surface area (Å²) >= 11 is 0. The molecule has 0 aromatic heterocycles. The van der Waals surface area contributed by atoms with Gasteiger partial charge in [0.05, 0.1) is 6.54 Å². The third-order valence-corrected chi connectivity index (χ3v) is 5.22. The van der Waals surface area contributed by atoms with Crippen LogP contribution >= 0.6 is 0 Å². The molecule has 4 N–H and O–H groups in total. The number of aliphatic hydroxyl groups is 1. The molecule has 0 bridgehead atoms. The number of allylic oxidation sites excluding steroid dienone is 1. The predicted molar refractivity (Wildman–Crippen MR) is 95.8 cm³/mol. The number of nitrogens with two attached hydrogens (primary N) is 1. The fraction of sp³-hybridized carbons (Fsp3) is 0.500. The molecule has 0 spiro atoms. The van der Waals surface area contributed by atoms with Crippen LogP contribution in [0, 0.1) is 29.6 Å². The van der Waals surface area contributed by atoms with Crippen LogP contribution in [-0.2, 0) is 0 Å². The number of aliphatic hydroxyl groups excluding tert-OH is 1. The van der Waals surface area contributed by atoms with Crippen molar-refractivity contribution in [1.82, 2.24) is 0 Å². The average Bonchev–Trinajstić information content (AvgIpc) is 2.60. The molecule has 23 heavy (non-hydrogen) atoms. The maximum absolute atomic E-state index is 10.1. The lowest BCUT2D eigenvalue weighted by Gasteiger charge is -2.37. The molecule has 2 aliphatic carbocycles. The van der Waals surface area contributed by atoms with Gasteiger partial charge >= 0.3 is 0 Å². The van der Waals surface area contributed by atoms with Gasteiger partial charge in [-0.1, -0.05) is 36.5 Å². The molecular weight excluding hydrogens is 284 g/mol. The van der Waals surface area contributed by atoms with Crippen molar-refractivity contribution in [2.24, 2.45) is 17.8 Å². The van der Waals surface area contributed by atoms with Crippen LogP contribution in [0.2, 0.25) is 0 Å². The van der Waals surface area contributed by atoms with E-state index < -0.39 is 6.10 Å². The lowest BCUT2D eigenvalue weighted by molar-refractivity contribution is 0.204. The lowest BCUT2D eigenvalue weighted by atomic mass is 9.68. The second-order valence-corrected chi connectivity index (χ2v) is 6.81. The minimum atomic E-state index is -0.676. The van der Waals surface area contributed by atoms with Gasteiger partial charge in [0.1, 0.15) is 6.10 Å². The number of benzene rings is 1. The van der Waals surface area contributed by atoms with Gasteiger partial charge in [-0.15, -0.1) is 0 Å². The molecule has 4 unspecified atom stereocenters. The number of hydrogen-bond acceptors (Lipinski definition) is 3. The van der Waals surface area contributed by atoms with Gasteiger partial charge in [0.15, 0.2) is 0 Å². The summed E-state index contributed by atoms with van der Waals surface area (Å²) in [6, 6.07) is 7.51. The summed E-state index contributed by atoms with van der Waals surface area (Å²) in [7, 11) is 0. The van der Waals surface area contributed by atoms with E-state index >= 15 is 0 Å². The van der Waals surface area contributed by atoms with Crippen LogP contribution in [0.3, 0.4) is 0 Å². The van der Waals surface area contributed by atoms with Gasteiger partial charge in [0, 0.05) is 17.3 Å². The molecule has 2 aliphatic rings. The molecule has 122 valence electrons. The molecule has 0 amide bonds. The first-order valence-corrected chi connectivity index (χ1v) is 8.60. The molecular formula is C20H26N2O. The molecule has 0 radical (unpaired) electrons. The number of nitrogen functional groups attached to an aromatic ring is 1. The zero-order chi connectivity index (χ0) is 16.2. The van der Waals surface area contributed by atoms with Gasteiger partial charge in [-0.2, -0.15) is 0 Å². The average molecular weight is 310 g/mol. The van der Waals surface area contributed by atoms with Crippen molar-refractivity contribution < 1.29 is 5.11 Å². The Morgan fingerprint density at radius 2 is 2.17 bits per heavy atom. The molecule has 3 heteroatoms. The van der Waals surface area contributed by atoms with Crippen LogP contribution in [0.5, 0.6) is 0 Å². The van der Waals surface area contributed by atoms with Crippen molar-refractivity contribution in [3.63, 3.8) is 0 Å². The number of nitrogens with one attached hydrogen (secondary N) is 1. The smallest absolute Gasteiger partial charge is 0.131 e. The van der Waals surface area contributed by atoms with Crippen LogP contribution in [0.1, 0.15) is 32.1 Å². The maximum atomic E-state index is 10.1. The highest BCUT2D eigenvalue weighted by molar-refractivity contribution is 5.54. The first kappa shape index (κ1) is 16.0. The third-order valence-electron chi connectivity index (χ3n) is 5.22. The highest BCUT2D eigenvalue weighted by Gasteiger charge is 2.36. The van der Waals surface area contributed by atoms with Crippen molar-refractivity contribution in [2.45, 2.75) is 38.2 Å². The summed E-state index contributed by atoms with van der Waals surface area (Å²) in [4.78, 5) is 0. The molecule has 0 saturated heterocycles. The third kappa shape index (κ3) is 3.89. The highest BCUT2D eigenvalue weighted by Crippen LogP contribution is 2.47. The molecule has 2 saturated carbocycles. The number of fused-ring (bicyclic) bond motifs is 1. The Hall–Kier alpha value is -1.92. The lowest BCUT2D eigenvalue weighted by Crippen LogP contribution is -2.27. The topological polar surface area (TPSA) is 58.3 Å². The summed E-state index contributed by atoms with van der Waals surface area (Å²) in [5, 5.41) is 13.3. The zero-order valence-electron chi connectivity index (χ0n) is 13.6. The van der Waals surface area contributed by atoms with E-state index in [2.05, 4.69) is 23.7 Å². The number of rotatable bonds is 3. The van der Waals surface area contributed by atoms with E-state index in [0.717, 1.165) is 18.0 Å². The Labute approximate surface area is 139 Å². The normalized spacial score (nSPS) is 27.7. The Morgan fingerprint density at radius 1 is 1.30 bits per heavy atom. The van der Waals surface area contributed by atoms with E-state index in [9.17, 15) is 5.11 Å². The Balaban J connectivity index is 1.54. The number of hydrogen-bond donors (Lipinski definition) is 3. The minimum Gasteiger partial charge on any atom is -0.399 e. The molecule has 0 heterocycles. The number of anilines is 2. The molecule has 1 aromatic carbocycles. The van der Waals surface area contributed by atoms with Crippen molar-refractivity contribution in [1.29, 1.82) is 0 Å². The van der Waals surface area contributed by atoms with Crippen LogP contribution in [0.4, 0.5) is 11.4 Å². The zero-order valence-corrected chi connectivity index (χ0v) is 13.6. The van der Waals surface area contributed by atoms with E-state index in [1.54, 1.807) is 0 Å². The molecule has 2 fully saturated rings. The van der Waals surface area contributed by atoms with E-state index in [-0.39, 0.29) is 5.92 Å². The van der Waals surface area contributed by atoms with Gasteiger partial charge < -0.3 is 16.2 Å². The summed E-state index contributed by atoms with van der Waals surface area (Å²) < 4.78 is 0. The van der Waals surface area contributed by atoms with Gasteiger partial charge in [0.25, 0.3) is 0 Å². The van der Waals surface area contributed by atoms with Crippen molar-refractivity contribution in [3.8, 4) is 11.8 Å². The fourth-order valence-electron chi connectivity index (χ4n) is 3.71. The van der Waals surface area contributed by atoms with Gasteiger partial charge in [-0.25, -0.2) is 0 Å². The van der Waals surface area contributed by atoms with E-state index in [0.29, 0.717) is 18.2 Å². The summed E-state index contributed by atoms with van der Waals surface area (Å²) in [6.45, 7) is 4.71. The summed E-state index contributed by atoms with van der Waals surface area (Å²) in [6.07, 6.45) is 5.61. The van der Waals surface area contributed by atoms with Gasteiger partial charge in [0.2, 0.25) is 0 Å². The SMILES string of the molecule is C=C1C(C#CC(O)CNc2cccc(N)c2)CCCC2CCC12. The summed E-state index contributed by atoms with van der Waals surface area (Å²) in [5.41, 5.74) is 8.66. The van der Waals surface area contributed by atoms with Crippen LogP contribution in [0.25, 0.3) is 0 Å². The first-order valence-electron chi connectivity index (χ1n) is 8.60. The Morgan fingerprint density at radius 3 is 2.91 bits per heavy atom. The monoisotopic (exact) mass is 310 g/mol. The minimum absolute atomic E-state index is 0.257. The second kappa shape index (κ2) is 7.10. The van der Waals surface area contributed by atoms with Crippen LogP contribution < -0.4 is 11.1 Å². The van der Waals surface area contributed by atoms with E-state index in [1.807, 2.05) is 24.3 Å². The van der Waals surface area contributed by atoms with Crippen LogP contribution in [-0.4, -0.2) is 17.8 Å². The highest BCUT2D eigenvalue weighted by atomic mass is 16.3.